The van der Waals surface area contributed by atoms with Crippen molar-refractivity contribution in [2.24, 2.45) is 0 Å². The number of anilines is 1. The van der Waals surface area contributed by atoms with E-state index < -0.39 is 0 Å². The molecular formula is C19H20N2O. The van der Waals surface area contributed by atoms with Crippen molar-refractivity contribution >= 4 is 22.5 Å². The first kappa shape index (κ1) is 14.4. The van der Waals surface area contributed by atoms with Crippen molar-refractivity contribution < 1.29 is 4.79 Å². The van der Waals surface area contributed by atoms with Gasteiger partial charge in [0, 0.05) is 17.4 Å². The van der Waals surface area contributed by atoms with Gasteiger partial charge in [-0.15, -0.1) is 0 Å². The number of fused-ring (bicyclic) bond motifs is 1. The number of rotatable bonds is 3. The Morgan fingerprint density at radius 1 is 1.00 bits per heavy atom. The van der Waals surface area contributed by atoms with Gasteiger partial charge in [-0.2, -0.15) is 0 Å². The summed E-state index contributed by atoms with van der Waals surface area (Å²) in [4.78, 5) is 12.3. The fourth-order valence-corrected chi connectivity index (χ4v) is 2.67. The smallest absolute Gasteiger partial charge is 0.244 e. The number of hydrogen-bond donors (Lipinski definition) is 1. The normalized spacial score (nSPS) is 10.9. The van der Waals surface area contributed by atoms with Crippen molar-refractivity contribution in [3.63, 3.8) is 0 Å². The summed E-state index contributed by atoms with van der Waals surface area (Å²) < 4.78 is 1.98. The third kappa shape index (κ3) is 2.89. The van der Waals surface area contributed by atoms with E-state index in [4.69, 9.17) is 0 Å². The first-order valence-electron chi connectivity index (χ1n) is 7.45. The molecule has 1 N–H and O–H groups in total. The van der Waals surface area contributed by atoms with Crippen molar-refractivity contribution in [1.82, 2.24) is 4.57 Å². The van der Waals surface area contributed by atoms with Gasteiger partial charge in [-0.05, 0) is 61.5 Å². The summed E-state index contributed by atoms with van der Waals surface area (Å²) in [5.74, 6) is -0.00762. The van der Waals surface area contributed by atoms with Gasteiger partial charge in [0.15, 0.2) is 0 Å². The highest BCUT2D eigenvalue weighted by Gasteiger charge is 2.08. The average Bonchev–Trinajstić information content (AvgIpc) is 2.85. The standard InChI is InChI=1S/C19H20N2O/c1-13-5-7-18-16(10-13)8-9-21(18)12-19(22)20-17-11-14(2)4-6-15(17)3/h4-11H,12H2,1-3H3,(H,20,22). The maximum Gasteiger partial charge on any atom is 0.244 e. The highest BCUT2D eigenvalue weighted by atomic mass is 16.1. The predicted octanol–water partition coefficient (Wildman–Crippen LogP) is 4.21. The third-order valence-electron chi connectivity index (χ3n) is 3.91. The molecule has 1 aromatic heterocycles. The number of carbonyl (C=O) groups is 1. The number of carbonyl (C=O) groups excluding carboxylic acids is 1. The highest BCUT2D eigenvalue weighted by Crippen LogP contribution is 2.19. The zero-order valence-electron chi connectivity index (χ0n) is 13.2. The molecule has 0 fully saturated rings. The summed E-state index contributed by atoms with van der Waals surface area (Å²) in [5, 5.41) is 4.17. The molecule has 0 unspecified atom stereocenters. The van der Waals surface area contributed by atoms with E-state index in [0.717, 1.165) is 22.3 Å². The van der Waals surface area contributed by atoms with E-state index in [1.165, 1.54) is 10.9 Å². The molecule has 3 rings (SSSR count). The van der Waals surface area contributed by atoms with E-state index in [2.05, 4.69) is 30.4 Å². The molecule has 0 saturated heterocycles. The first-order chi connectivity index (χ1) is 10.5. The number of hydrogen-bond acceptors (Lipinski definition) is 1. The Bertz CT molecular complexity index is 846. The van der Waals surface area contributed by atoms with Gasteiger partial charge in [0.2, 0.25) is 5.91 Å². The second kappa shape index (κ2) is 5.68. The fraction of sp³-hybridized carbons (Fsp3) is 0.211. The van der Waals surface area contributed by atoms with Crippen LogP contribution in [0, 0.1) is 20.8 Å². The van der Waals surface area contributed by atoms with Gasteiger partial charge in [-0.25, -0.2) is 0 Å². The van der Waals surface area contributed by atoms with Crippen LogP contribution in [0.5, 0.6) is 0 Å². The molecule has 0 aliphatic heterocycles. The molecule has 0 spiro atoms. The predicted molar refractivity (Wildman–Crippen MR) is 91.2 cm³/mol. The lowest BCUT2D eigenvalue weighted by Crippen LogP contribution is -2.18. The van der Waals surface area contributed by atoms with Gasteiger partial charge < -0.3 is 9.88 Å². The van der Waals surface area contributed by atoms with Gasteiger partial charge in [0.1, 0.15) is 6.54 Å². The first-order valence-corrected chi connectivity index (χ1v) is 7.45. The molecule has 3 heteroatoms. The Hall–Kier alpha value is -2.55. The summed E-state index contributed by atoms with van der Waals surface area (Å²) in [6.45, 7) is 6.42. The number of nitrogens with one attached hydrogen (secondary N) is 1. The van der Waals surface area contributed by atoms with Gasteiger partial charge in [0.25, 0.3) is 0 Å². The molecule has 3 nitrogen and oxygen atoms in total. The SMILES string of the molecule is Cc1ccc(C)c(NC(=O)Cn2ccc3cc(C)ccc32)c1. The molecule has 0 atom stereocenters. The van der Waals surface area contributed by atoms with E-state index >= 15 is 0 Å². The van der Waals surface area contributed by atoms with Crippen molar-refractivity contribution in [3.05, 3.63) is 65.4 Å². The van der Waals surface area contributed by atoms with Gasteiger partial charge in [-0.3, -0.25) is 4.79 Å². The van der Waals surface area contributed by atoms with Crippen LogP contribution in [0.4, 0.5) is 5.69 Å². The van der Waals surface area contributed by atoms with Crippen LogP contribution < -0.4 is 5.32 Å². The van der Waals surface area contributed by atoms with Gasteiger partial charge in [0.05, 0.1) is 0 Å². The van der Waals surface area contributed by atoms with Crippen LogP contribution >= 0.6 is 0 Å². The van der Waals surface area contributed by atoms with Crippen molar-refractivity contribution in [2.75, 3.05) is 5.32 Å². The molecule has 0 radical (unpaired) electrons. The van der Waals surface area contributed by atoms with Crippen LogP contribution in [-0.4, -0.2) is 10.5 Å². The molecular weight excluding hydrogens is 272 g/mol. The minimum Gasteiger partial charge on any atom is -0.338 e. The lowest BCUT2D eigenvalue weighted by Gasteiger charge is -2.10. The number of amides is 1. The van der Waals surface area contributed by atoms with E-state index in [1.807, 2.05) is 48.9 Å². The van der Waals surface area contributed by atoms with Gasteiger partial charge in [-0.1, -0.05) is 23.8 Å². The monoisotopic (exact) mass is 292 g/mol. The number of aryl methyl sites for hydroxylation is 3. The van der Waals surface area contributed by atoms with E-state index in [1.54, 1.807) is 0 Å². The Labute approximate surface area is 130 Å². The number of nitrogens with zero attached hydrogens (tertiary/aromatic N) is 1. The molecule has 0 saturated carbocycles. The summed E-state index contributed by atoms with van der Waals surface area (Å²) in [6, 6.07) is 14.4. The molecule has 1 heterocycles. The number of benzene rings is 2. The van der Waals surface area contributed by atoms with Crippen LogP contribution in [0.2, 0.25) is 0 Å². The molecule has 0 aliphatic carbocycles. The summed E-state index contributed by atoms with van der Waals surface area (Å²) in [7, 11) is 0. The zero-order chi connectivity index (χ0) is 15.7. The highest BCUT2D eigenvalue weighted by molar-refractivity contribution is 5.92. The van der Waals surface area contributed by atoms with Gasteiger partial charge >= 0.3 is 0 Å². The van der Waals surface area contributed by atoms with Crippen molar-refractivity contribution in [2.45, 2.75) is 27.3 Å². The minimum atomic E-state index is -0.00762. The second-order valence-corrected chi connectivity index (χ2v) is 5.87. The molecule has 0 bridgehead atoms. The second-order valence-electron chi connectivity index (χ2n) is 5.87. The maximum absolute atomic E-state index is 12.3. The Morgan fingerprint density at radius 2 is 1.73 bits per heavy atom. The molecule has 22 heavy (non-hydrogen) atoms. The number of aromatic nitrogens is 1. The lowest BCUT2D eigenvalue weighted by atomic mass is 10.1. The molecule has 1 amide bonds. The average molecular weight is 292 g/mol. The van der Waals surface area contributed by atoms with E-state index in [-0.39, 0.29) is 5.91 Å². The van der Waals surface area contributed by atoms with Crippen LogP contribution in [0.1, 0.15) is 16.7 Å². The van der Waals surface area contributed by atoms with Crippen LogP contribution in [0.15, 0.2) is 48.7 Å². The van der Waals surface area contributed by atoms with E-state index in [0.29, 0.717) is 6.54 Å². The molecule has 112 valence electrons. The third-order valence-corrected chi connectivity index (χ3v) is 3.91. The van der Waals surface area contributed by atoms with Crippen LogP contribution in [0.3, 0.4) is 0 Å². The fourth-order valence-electron chi connectivity index (χ4n) is 2.67. The summed E-state index contributed by atoms with van der Waals surface area (Å²) in [5.41, 5.74) is 5.42. The molecule has 2 aromatic carbocycles. The Kier molecular flexibility index (Phi) is 3.72. The summed E-state index contributed by atoms with van der Waals surface area (Å²) in [6.07, 6.45) is 1.97. The van der Waals surface area contributed by atoms with Crippen LogP contribution in [0.25, 0.3) is 10.9 Å². The maximum atomic E-state index is 12.3. The largest absolute Gasteiger partial charge is 0.338 e. The van der Waals surface area contributed by atoms with Crippen molar-refractivity contribution in [3.8, 4) is 0 Å². The Balaban J connectivity index is 1.80. The minimum absolute atomic E-state index is 0.00762. The zero-order valence-corrected chi connectivity index (χ0v) is 13.2. The summed E-state index contributed by atoms with van der Waals surface area (Å²) >= 11 is 0. The lowest BCUT2D eigenvalue weighted by molar-refractivity contribution is -0.116. The quantitative estimate of drug-likeness (QED) is 0.771. The molecule has 3 aromatic rings. The molecule has 0 aliphatic rings. The van der Waals surface area contributed by atoms with Crippen molar-refractivity contribution in [1.29, 1.82) is 0 Å². The van der Waals surface area contributed by atoms with Crippen LogP contribution in [-0.2, 0) is 11.3 Å². The topological polar surface area (TPSA) is 34.0 Å². The van der Waals surface area contributed by atoms with E-state index in [9.17, 15) is 4.79 Å². The Morgan fingerprint density at radius 3 is 2.55 bits per heavy atom.